The highest BCUT2D eigenvalue weighted by atomic mass is 31.2. The van der Waals surface area contributed by atoms with Gasteiger partial charge in [0, 0.05) is 6.42 Å². The van der Waals surface area contributed by atoms with Crippen LogP contribution in [-0.2, 0) is 32.0 Å². The van der Waals surface area contributed by atoms with E-state index in [1.54, 1.807) is 27.7 Å². The second-order valence-electron chi connectivity index (χ2n) is 4.33. The first-order valence-corrected chi connectivity index (χ1v) is 10.9. The Kier molecular flexibility index (Phi) is 11.5. The molecule has 0 rings (SSSR count). The molecule has 0 fully saturated rings. The SMILES string of the molecule is CCOP(=O)(OCC)C(CCCC=O)P(=O)(OCC)OCC. The first-order valence-electron chi connectivity index (χ1n) is 7.65. The van der Waals surface area contributed by atoms with Crippen LogP contribution < -0.4 is 0 Å². The van der Waals surface area contributed by atoms with E-state index in [1.165, 1.54) is 0 Å². The molecule has 0 saturated heterocycles. The van der Waals surface area contributed by atoms with Crippen molar-refractivity contribution in [1.82, 2.24) is 0 Å². The summed E-state index contributed by atoms with van der Waals surface area (Å²) in [5, 5.41) is -1.03. The zero-order chi connectivity index (χ0) is 17.1. The third-order valence-corrected chi connectivity index (χ3v) is 8.90. The lowest BCUT2D eigenvalue weighted by Gasteiger charge is -2.31. The summed E-state index contributed by atoms with van der Waals surface area (Å²) in [5.41, 5.74) is 0. The van der Waals surface area contributed by atoms with Crippen molar-refractivity contribution in [1.29, 1.82) is 0 Å². The number of carbonyl (C=O) groups excluding carboxylic acids is 1. The van der Waals surface area contributed by atoms with Crippen LogP contribution in [0.15, 0.2) is 0 Å². The van der Waals surface area contributed by atoms with Gasteiger partial charge in [-0.1, -0.05) is 0 Å². The molecule has 0 spiro atoms. The highest BCUT2D eigenvalue weighted by Gasteiger charge is 2.50. The summed E-state index contributed by atoms with van der Waals surface area (Å²) in [6.07, 6.45) is 1.64. The van der Waals surface area contributed by atoms with Crippen molar-refractivity contribution in [3.63, 3.8) is 0 Å². The maximum Gasteiger partial charge on any atom is 0.345 e. The van der Waals surface area contributed by atoms with Crippen LogP contribution in [0.4, 0.5) is 0 Å². The van der Waals surface area contributed by atoms with E-state index in [0.717, 1.165) is 6.29 Å². The van der Waals surface area contributed by atoms with E-state index in [-0.39, 0.29) is 39.3 Å². The van der Waals surface area contributed by atoms with Crippen molar-refractivity contribution >= 4 is 21.5 Å². The molecule has 0 saturated carbocycles. The van der Waals surface area contributed by atoms with Crippen LogP contribution >= 0.6 is 15.2 Å². The molecule has 0 N–H and O–H groups in total. The lowest BCUT2D eigenvalue weighted by molar-refractivity contribution is -0.107. The molecule has 0 aromatic rings. The molecule has 7 nitrogen and oxygen atoms in total. The van der Waals surface area contributed by atoms with Crippen molar-refractivity contribution in [2.45, 2.75) is 52.4 Å². The summed E-state index contributed by atoms with van der Waals surface area (Å²) >= 11 is 0. The topological polar surface area (TPSA) is 88.1 Å². The Balaban J connectivity index is 5.58. The zero-order valence-corrected chi connectivity index (χ0v) is 15.6. The van der Waals surface area contributed by atoms with Crippen LogP contribution in [0.2, 0.25) is 0 Å². The quantitative estimate of drug-likeness (QED) is 0.261. The summed E-state index contributed by atoms with van der Waals surface area (Å²) in [6.45, 7) is 7.33. The smallest absolute Gasteiger partial charge is 0.308 e. The number of hydrogen-bond donors (Lipinski definition) is 0. The Morgan fingerprint density at radius 1 is 0.818 bits per heavy atom. The maximum absolute atomic E-state index is 13.0. The number of unbranched alkanes of at least 4 members (excludes halogenated alkanes) is 1. The molecular formula is C13H28O7P2. The monoisotopic (exact) mass is 358 g/mol. The largest absolute Gasteiger partial charge is 0.345 e. The van der Waals surface area contributed by atoms with Gasteiger partial charge < -0.3 is 22.9 Å². The lowest BCUT2D eigenvalue weighted by atomic mass is 10.3. The minimum Gasteiger partial charge on any atom is -0.308 e. The van der Waals surface area contributed by atoms with Crippen LogP contribution in [-0.4, -0.2) is 38.1 Å². The van der Waals surface area contributed by atoms with Gasteiger partial charge in [0.15, 0.2) is 5.40 Å². The van der Waals surface area contributed by atoms with Crippen molar-refractivity contribution in [2.24, 2.45) is 0 Å². The van der Waals surface area contributed by atoms with Crippen molar-refractivity contribution in [3.8, 4) is 0 Å². The minimum absolute atomic E-state index is 0.152. The van der Waals surface area contributed by atoms with Gasteiger partial charge in [0.25, 0.3) is 0 Å². The second-order valence-corrected chi connectivity index (χ2v) is 9.18. The van der Waals surface area contributed by atoms with E-state index < -0.39 is 20.6 Å². The first kappa shape index (κ1) is 22.0. The molecule has 0 bridgehead atoms. The van der Waals surface area contributed by atoms with E-state index in [2.05, 4.69) is 0 Å². The molecule has 132 valence electrons. The normalized spacial score (nSPS) is 12.8. The van der Waals surface area contributed by atoms with Crippen molar-refractivity contribution < 1.29 is 32.0 Å². The van der Waals surface area contributed by atoms with Crippen LogP contribution in [0.5, 0.6) is 0 Å². The van der Waals surface area contributed by atoms with Gasteiger partial charge >= 0.3 is 15.2 Å². The third kappa shape index (κ3) is 6.61. The molecule has 0 aromatic heterocycles. The molecule has 0 amide bonds. The van der Waals surface area contributed by atoms with Gasteiger partial charge in [-0.3, -0.25) is 9.13 Å². The molecule has 0 radical (unpaired) electrons. The predicted molar refractivity (Wildman–Crippen MR) is 85.4 cm³/mol. The fourth-order valence-corrected chi connectivity index (χ4v) is 7.47. The molecule has 0 atom stereocenters. The Hall–Kier alpha value is -0.0300. The van der Waals surface area contributed by atoms with Crippen molar-refractivity contribution in [3.05, 3.63) is 0 Å². The van der Waals surface area contributed by atoms with Crippen molar-refractivity contribution in [2.75, 3.05) is 26.4 Å². The number of carbonyl (C=O) groups is 1. The molecule has 0 aliphatic carbocycles. The number of aldehydes is 1. The molecule has 22 heavy (non-hydrogen) atoms. The molecule has 0 aromatic carbocycles. The Morgan fingerprint density at radius 2 is 1.18 bits per heavy atom. The van der Waals surface area contributed by atoms with Crippen LogP contribution in [0.3, 0.4) is 0 Å². The average Bonchev–Trinajstić information content (AvgIpc) is 2.44. The van der Waals surface area contributed by atoms with Gasteiger partial charge in [-0.2, -0.15) is 0 Å². The van der Waals surface area contributed by atoms with E-state index in [0.29, 0.717) is 6.42 Å². The average molecular weight is 358 g/mol. The maximum atomic E-state index is 13.0. The van der Waals surface area contributed by atoms with Crippen LogP contribution in [0.25, 0.3) is 0 Å². The van der Waals surface area contributed by atoms with Gasteiger partial charge in [0.2, 0.25) is 0 Å². The lowest BCUT2D eigenvalue weighted by Crippen LogP contribution is -2.18. The van der Waals surface area contributed by atoms with Gasteiger partial charge in [-0.25, -0.2) is 0 Å². The summed E-state index contributed by atoms with van der Waals surface area (Å²) in [7, 11) is -7.36. The van der Waals surface area contributed by atoms with E-state index >= 15 is 0 Å². The highest BCUT2D eigenvalue weighted by molar-refractivity contribution is 7.72. The summed E-state index contributed by atoms with van der Waals surface area (Å²) in [6, 6.07) is 0. The zero-order valence-electron chi connectivity index (χ0n) is 13.9. The van der Waals surface area contributed by atoms with Gasteiger partial charge in [0.1, 0.15) is 6.29 Å². The summed E-state index contributed by atoms with van der Waals surface area (Å²) < 4.78 is 47.3. The highest BCUT2D eigenvalue weighted by Crippen LogP contribution is 2.71. The molecule has 0 heterocycles. The number of hydrogen-bond acceptors (Lipinski definition) is 7. The van der Waals surface area contributed by atoms with Crippen LogP contribution in [0.1, 0.15) is 47.0 Å². The Labute approximate surface area is 133 Å². The van der Waals surface area contributed by atoms with E-state index in [9.17, 15) is 13.9 Å². The Bertz CT molecular complexity index is 350. The molecular weight excluding hydrogens is 330 g/mol. The van der Waals surface area contributed by atoms with E-state index in [1.807, 2.05) is 0 Å². The van der Waals surface area contributed by atoms with Crippen LogP contribution in [0, 0.1) is 0 Å². The third-order valence-electron chi connectivity index (χ3n) is 2.75. The standard InChI is InChI=1S/C13H28O7P2/c1-5-17-21(15,18-6-2)13(11-9-10-12-14)22(16,19-7-3)20-8-4/h12-13H,5-11H2,1-4H3. The molecule has 0 unspecified atom stereocenters. The predicted octanol–water partition coefficient (Wildman–Crippen LogP) is 4.21. The molecule has 0 aliphatic rings. The van der Waals surface area contributed by atoms with Gasteiger partial charge in [0.05, 0.1) is 26.4 Å². The molecule has 9 heteroatoms. The number of rotatable bonds is 14. The second kappa shape index (κ2) is 11.5. The van der Waals surface area contributed by atoms with Gasteiger partial charge in [-0.05, 0) is 40.5 Å². The summed E-state index contributed by atoms with van der Waals surface area (Å²) in [4.78, 5) is 10.5. The fourth-order valence-electron chi connectivity index (χ4n) is 2.01. The summed E-state index contributed by atoms with van der Waals surface area (Å²) in [5.74, 6) is 0. The minimum atomic E-state index is -3.68. The fraction of sp³-hybridized carbons (Fsp3) is 0.923. The van der Waals surface area contributed by atoms with Gasteiger partial charge in [-0.15, -0.1) is 0 Å². The first-order chi connectivity index (χ1) is 10.4. The molecule has 0 aliphatic heterocycles. The van der Waals surface area contributed by atoms with E-state index in [4.69, 9.17) is 18.1 Å². The Morgan fingerprint density at radius 3 is 1.45 bits per heavy atom.